The number of fused-ring (bicyclic) bond motifs is 2. The maximum absolute atomic E-state index is 12.8. The van der Waals surface area contributed by atoms with Crippen molar-refractivity contribution in [3.05, 3.63) is 33.0 Å². The summed E-state index contributed by atoms with van der Waals surface area (Å²) < 4.78 is 5.40. The van der Waals surface area contributed by atoms with Gasteiger partial charge in [0.25, 0.3) is 11.8 Å². The normalized spacial score (nSPS) is 19.3. The largest absolute Gasteiger partial charge is 0.365 e. The highest BCUT2D eigenvalue weighted by Gasteiger charge is 2.29. The van der Waals surface area contributed by atoms with Crippen LogP contribution in [0.1, 0.15) is 75.2 Å². The minimum Gasteiger partial charge on any atom is -0.365 e. The molecule has 26 heavy (non-hydrogen) atoms. The Bertz CT molecular complexity index is 868. The molecular weight excluding hydrogens is 350 g/mol. The fourth-order valence-corrected chi connectivity index (χ4v) is 5.41. The van der Waals surface area contributed by atoms with Gasteiger partial charge in [0.15, 0.2) is 5.69 Å². The highest BCUT2D eigenvalue weighted by Crippen LogP contribution is 2.39. The van der Waals surface area contributed by atoms with Crippen LogP contribution in [0.3, 0.4) is 0 Å². The third-order valence-electron chi connectivity index (χ3n) is 5.40. The molecular formula is C19H23N3O3S. The molecule has 3 N–H and O–H groups in total. The van der Waals surface area contributed by atoms with Crippen molar-refractivity contribution in [2.24, 2.45) is 11.7 Å². The van der Waals surface area contributed by atoms with Crippen LogP contribution in [-0.2, 0) is 25.7 Å². The van der Waals surface area contributed by atoms with E-state index in [-0.39, 0.29) is 5.91 Å². The van der Waals surface area contributed by atoms with Crippen molar-refractivity contribution < 1.29 is 14.1 Å². The third-order valence-corrected chi connectivity index (χ3v) is 6.57. The van der Waals surface area contributed by atoms with Crippen molar-refractivity contribution >= 4 is 28.2 Å². The number of hydrogen-bond acceptors (Lipinski definition) is 5. The van der Waals surface area contributed by atoms with E-state index in [1.54, 1.807) is 0 Å². The lowest BCUT2D eigenvalue weighted by Gasteiger charge is -2.18. The van der Waals surface area contributed by atoms with E-state index in [1.807, 2.05) is 0 Å². The average molecular weight is 373 g/mol. The lowest BCUT2D eigenvalue weighted by Crippen LogP contribution is -2.20. The number of thiophene rings is 1. The zero-order chi connectivity index (χ0) is 18.3. The second-order valence-corrected chi connectivity index (χ2v) is 8.47. The topological polar surface area (TPSA) is 98.2 Å². The summed E-state index contributed by atoms with van der Waals surface area (Å²) >= 11 is 1.47. The molecule has 2 aromatic rings. The van der Waals surface area contributed by atoms with Crippen LogP contribution >= 0.6 is 11.3 Å². The summed E-state index contributed by atoms with van der Waals surface area (Å²) in [5, 5.41) is 7.45. The molecule has 0 spiro atoms. The number of nitrogens with zero attached hydrogens (tertiary/aromatic N) is 1. The maximum atomic E-state index is 12.8. The molecule has 7 heteroatoms. The Morgan fingerprint density at radius 1 is 1.19 bits per heavy atom. The molecule has 138 valence electrons. The van der Waals surface area contributed by atoms with Crippen LogP contribution in [0.15, 0.2) is 4.52 Å². The van der Waals surface area contributed by atoms with Crippen molar-refractivity contribution in [2.45, 2.75) is 58.3 Å². The first-order valence-corrected chi connectivity index (χ1v) is 10.1. The van der Waals surface area contributed by atoms with E-state index in [1.165, 1.54) is 11.3 Å². The first-order valence-electron chi connectivity index (χ1n) is 9.27. The van der Waals surface area contributed by atoms with E-state index in [9.17, 15) is 9.59 Å². The van der Waals surface area contributed by atoms with Crippen LogP contribution in [-0.4, -0.2) is 17.0 Å². The molecule has 1 unspecified atom stereocenters. The highest BCUT2D eigenvalue weighted by molar-refractivity contribution is 7.17. The summed E-state index contributed by atoms with van der Waals surface area (Å²) in [6.07, 6.45) is 7.66. The molecule has 2 aliphatic carbocycles. The molecule has 0 saturated heterocycles. The number of aryl methyl sites for hydroxylation is 1. The number of hydrogen-bond donors (Lipinski definition) is 2. The van der Waals surface area contributed by atoms with Gasteiger partial charge in [-0.2, -0.15) is 0 Å². The number of aromatic nitrogens is 1. The Balaban J connectivity index is 1.64. The molecule has 0 bridgehead atoms. The molecule has 2 heterocycles. The number of nitrogens with two attached hydrogens (primary N) is 1. The van der Waals surface area contributed by atoms with E-state index < -0.39 is 5.91 Å². The van der Waals surface area contributed by atoms with E-state index in [4.69, 9.17) is 10.3 Å². The minimum atomic E-state index is -0.480. The highest BCUT2D eigenvalue weighted by atomic mass is 32.1. The fourth-order valence-electron chi connectivity index (χ4n) is 4.00. The number of primary amides is 1. The summed E-state index contributed by atoms with van der Waals surface area (Å²) in [5.41, 5.74) is 8.36. The number of anilines is 1. The molecule has 0 radical (unpaired) electrons. The molecule has 2 amide bonds. The molecule has 6 nitrogen and oxygen atoms in total. The van der Waals surface area contributed by atoms with Crippen LogP contribution in [0, 0.1) is 5.92 Å². The first-order chi connectivity index (χ1) is 12.5. The van der Waals surface area contributed by atoms with Gasteiger partial charge < -0.3 is 15.6 Å². The molecule has 2 aliphatic rings. The van der Waals surface area contributed by atoms with E-state index in [2.05, 4.69) is 17.4 Å². The van der Waals surface area contributed by atoms with Crippen LogP contribution in [0.2, 0.25) is 0 Å². The number of rotatable bonds is 3. The van der Waals surface area contributed by atoms with Gasteiger partial charge in [0.2, 0.25) is 0 Å². The molecule has 0 aliphatic heterocycles. The number of carbonyl (C=O) groups excluding carboxylic acids is 2. The molecule has 1 atom stereocenters. The lowest BCUT2D eigenvalue weighted by atomic mass is 9.88. The zero-order valence-corrected chi connectivity index (χ0v) is 15.7. The Morgan fingerprint density at radius 2 is 2.00 bits per heavy atom. The van der Waals surface area contributed by atoms with Gasteiger partial charge in [-0.1, -0.05) is 18.5 Å². The number of nitrogens with one attached hydrogen (secondary N) is 1. The number of carbonyl (C=O) groups is 2. The van der Waals surface area contributed by atoms with Gasteiger partial charge in [-0.25, -0.2) is 0 Å². The second-order valence-electron chi connectivity index (χ2n) is 7.37. The average Bonchev–Trinajstić information content (AvgIpc) is 3.07. The first kappa shape index (κ1) is 17.3. The lowest BCUT2D eigenvalue weighted by molar-refractivity contribution is 0.1000. The van der Waals surface area contributed by atoms with Gasteiger partial charge in [-0.05, 0) is 50.0 Å². The zero-order valence-electron chi connectivity index (χ0n) is 14.9. The smallest absolute Gasteiger partial charge is 0.278 e. The molecule has 2 aromatic heterocycles. The standard InChI is InChI=1S/C19H23N3O3S/c1-10-7-8-12-14(9-10)26-19(15(12)17(20)23)21-18(24)16-11-5-3-2-4-6-13(11)25-22-16/h10H,2-9H2,1H3,(H2,20,23)(H,21,24). The summed E-state index contributed by atoms with van der Waals surface area (Å²) in [5.74, 6) is 0.608. The Labute approximate surface area is 156 Å². The van der Waals surface area contributed by atoms with Crippen molar-refractivity contribution in [2.75, 3.05) is 5.32 Å². The van der Waals surface area contributed by atoms with Gasteiger partial charge in [0, 0.05) is 16.9 Å². The van der Waals surface area contributed by atoms with E-state index >= 15 is 0 Å². The summed E-state index contributed by atoms with van der Waals surface area (Å²) in [4.78, 5) is 26.0. The molecule has 0 saturated carbocycles. The quantitative estimate of drug-likeness (QED) is 0.805. The van der Waals surface area contributed by atoms with Gasteiger partial charge in [0.1, 0.15) is 10.8 Å². The van der Waals surface area contributed by atoms with Gasteiger partial charge in [-0.3, -0.25) is 9.59 Å². The monoisotopic (exact) mass is 373 g/mol. The Hall–Kier alpha value is -2.15. The Morgan fingerprint density at radius 3 is 2.81 bits per heavy atom. The van der Waals surface area contributed by atoms with Crippen LogP contribution in [0.5, 0.6) is 0 Å². The van der Waals surface area contributed by atoms with Crippen LogP contribution in [0.25, 0.3) is 0 Å². The second kappa shape index (κ2) is 6.87. The summed E-state index contributed by atoms with van der Waals surface area (Å²) in [7, 11) is 0. The summed E-state index contributed by atoms with van der Waals surface area (Å²) in [6.45, 7) is 2.20. The van der Waals surface area contributed by atoms with Gasteiger partial charge >= 0.3 is 0 Å². The van der Waals surface area contributed by atoms with Gasteiger partial charge in [0.05, 0.1) is 5.56 Å². The molecule has 0 aromatic carbocycles. The fraction of sp³-hybridized carbons (Fsp3) is 0.526. The molecule has 4 rings (SSSR count). The maximum Gasteiger partial charge on any atom is 0.278 e. The third kappa shape index (κ3) is 3.05. The minimum absolute atomic E-state index is 0.314. The van der Waals surface area contributed by atoms with Crippen LogP contribution in [0.4, 0.5) is 5.00 Å². The van der Waals surface area contributed by atoms with E-state index in [0.717, 1.165) is 73.1 Å². The molecule has 0 fully saturated rings. The summed E-state index contributed by atoms with van der Waals surface area (Å²) in [6, 6.07) is 0. The predicted molar refractivity (Wildman–Crippen MR) is 99.7 cm³/mol. The van der Waals surface area contributed by atoms with Gasteiger partial charge in [-0.15, -0.1) is 11.3 Å². The SMILES string of the molecule is CC1CCc2c(sc(NC(=O)c3noc4c3CCCCC4)c2C(N)=O)C1. The Kier molecular flexibility index (Phi) is 4.56. The predicted octanol–water partition coefficient (Wildman–Crippen LogP) is 3.48. The van der Waals surface area contributed by atoms with Crippen molar-refractivity contribution in [3.63, 3.8) is 0 Å². The van der Waals surface area contributed by atoms with Crippen molar-refractivity contribution in [3.8, 4) is 0 Å². The van der Waals surface area contributed by atoms with Crippen molar-refractivity contribution in [1.29, 1.82) is 0 Å². The van der Waals surface area contributed by atoms with Crippen LogP contribution < -0.4 is 11.1 Å². The van der Waals surface area contributed by atoms with Crippen molar-refractivity contribution in [1.82, 2.24) is 5.16 Å². The number of amides is 2. The van der Waals surface area contributed by atoms with E-state index in [0.29, 0.717) is 22.2 Å².